The topological polar surface area (TPSA) is 32.8 Å². The molecule has 0 bridgehead atoms. The smallest absolute Gasteiger partial charge is 0.310 e. The molecule has 1 aliphatic rings. The second kappa shape index (κ2) is 8.55. The average Bonchev–Trinajstić information content (AvgIpc) is 2.61. The lowest BCUT2D eigenvalue weighted by atomic mass is 10.1. The first-order valence-electron chi connectivity index (χ1n) is 9.09. The standard InChI is InChI=1S/C21H25ClN2O2S/c1-5-26-21(25)11-15-6-9-19-18(10-15)24(13-14(2)23(3)4)17-8-7-16(22)12-20(17)27-19/h6-10,12,14H,5,11,13H2,1-4H3. The van der Waals surface area contributed by atoms with Gasteiger partial charge in [0.05, 0.1) is 24.4 Å². The number of nitrogens with zero attached hydrogens (tertiary/aromatic N) is 2. The molecule has 1 aliphatic heterocycles. The van der Waals surface area contributed by atoms with Crippen LogP contribution in [0.2, 0.25) is 5.02 Å². The third kappa shape index (κ3) is 4.60. The van der Waals surface area contributed by atoms with Gasteiger partial charge in [-0.25, -0.2) is 0 Å². The molecule has 4 nitrogen and oxygen atoms in total. The Labute approximate surface area is 170 Å². The number of fused-ring (bicyclic) bond motifs is 2. The van der Waals surface area contributed by atoms with Crippen molar-refractivity contribution in [3.8, 4) is 0 Å². The Morgan fingerprint density at radius 1 is 1.19 bits per heavy atom. The van der Waals surface area contributed by atoms with E-state index in [1.54, 1.807) is 11.8 Å². The number of hydrogen-bond acceptors (Lipinski definition) is 5. The molecule has 0 saturated carbocycles. The van der Waals surface area contributed by atoms with Crippen molar-refractivity contribution in [1.82, 2.24) is 4.90 Å². The molecular formula is C21H25ClN2O2S. The van der Waals surface area contributed by atoms with Gasteiger partial charge in [-0.05, 0) is 63.8 Å². The van der Waals surface area contributed by atoms with Gasteiger partial charge in [-0.1, -0.05) is 29.4 Å². The number of halogens is 1. The highest BCUT2D eigenvalue weighted by Gasteiger charge is 2.26. The number of rotatable bonds is 6. The third-order valence-electron chi connectivity index (χ3n) is 4.73. The van der Waals surface area contributed by atoms with Crippen molar-refractivity contribution < 1.29 is 9.53 Å². The SMILES string of the molecule is CCOC(=O)Cc1ccc2c(c1)N(CC(C)N(C)C)c1ccc(Cl)cc1S2. The summed E-state index contributed by atoms with van der Waals surface area (Å²) in [5.74, 6) is -0.193. The minimum atomic E-state index is -0.193. The summed E-state index contributed by atoms with van der Waals surface area (Å²) in [7, 11) is 4.18. The summed E-state index contributed by atoms with van der Waals surface area (Å²) < 4.78 is 5.10. The van der Waals surface area contributed by atoms with Crippen LogP contribution >= 0.6 is 23.4 Å². The van der Waals surface area contributed by atoms with Crippen LogP contribution in [-0.4, -0.2) is 44.2 Å². The highest BCUT2D eigenvalue weighted by Crippen LogP contribution is 2.49. The van der Waals surface area contributed by atoms with E-state index in [2.05, 4.69) is 49.0 Å². The first kappa shape index (κ1) is 20.1. The van der Waals surface area contributed by atoms with E-state index in [-0.39, 0.29) is 12.4 Å². The number of ether oxygens (including phenoxy) is 1. The van der Waals surface area contributed by atoms with Crippen molar-refractivity contribution >= 4 is 40.7 Å². The van der Waals surface area contributed by atoms with Crippen LogP contribution in [0.25, 0.3) is 0 Å². The highest BCUT2D eigenvalue weighted by atomic mass is 35.5. The summed E-state index contributed by atoms with van der Waals surface area (Å²) in [5.41, 5.74) is 3.25. The summed E-state index contributed by atoms with van der Waals surface area (Å²) in [5, 5.41) is 0.740. The molecule has 3 rings (SSSR count). The molecule has 0 N–H and O–H groups in total. The number of likely N-dealkylation sites (N-methyl/N-ethyl adjacent to an activating group) is 1. The summed E-state index contributed by atoms with van der Waals surface area (Å²) in [6.07, 6.45) is 0.288. The molecule has 1 unspecified atom stereocenters. The van der Waals surface area contributed by atoms with Gasteiger partial charge in [-0.3, -0.25) is 4.79 Å². The van der Waals surface area contributed by atoms with E-state index < -0.39 is 0 Å². The third-order valence-corrected chi connectivity index (χ3v) is 6.08. The molecule has 2 aromatic rings. The van der Waals surface area contributed by atoms with Gasteiger partial charge >= 0.3 is 5.97 Å². The van der Waals surface area contributed by atoms with E-state index in [0.717, 1.165) is 33.4 Å². The fraction of sp³-hybridized carbons (Fsp3) is 0.381. The van der Waals surface area contributed by atoms with E-state index in [0.29, 0.717) is 12.6 Å². The van der Waals surface area contributed by atoms with Crippen LogP contribution in [-0.2, 0) is 16.0 Å². The number of carbonyl (C=O) groups is 1. The van der Waals surface area contributed by atoms with Gasteiger partial charge in [0.1, 0.15) is 0 Å². The van der Waals surface area contributed by atoms with Gasteiger partial charge in [0.2, 0.25) is 0 Å². The normalized spacial score (nSPS) is 13.9. The fourth-order valence-electron chi connectivity index (χ4n) is 3.01. The molecule has 144 valence electrons. The molecule has 0 radical (unpaired) electrons. The van der Waals surface area contributed by atoms with E-state index in [1.165, 1.54) is 4.90 Å². The second-order valence-corrected chi connectivity index (χ2v) is 8.44. The van der Waals surface area contributed by atoms with Crippen LogP contribution in [0.1, 0.15) is 19.4 Å². The lowest BCUT2D eigenvalue weighted by Crippen LogP contribution is -2.37. The Morgan fingerprint density at radius 3 is 2.67 bits per heavy atom. The van der Waals surface area contributed by atoms with Gasteiger partial charge < -0.3 is 14.5 Å². The van der Waals surface area contributed by atoms with Crippen molar-refractivity contribution in [1.29, 1.82) is 0 Å². The number of anilines is 2. The Balaban J connectivity index is 1.99. The second-order valence-electron chi connectivity index (χ2n) is 6.92. The van der Waals surface area contributed by atoms with Crippen LogP contribution in [0.3, 0.4) is 0 Å². The zero-order chi connectivity index (χ0) is 19.6. The van der Waals surface area contributed by atoms with Gasteiger partial charge in [-0.15, -0.1) is 0 Å². The molecule has 27 heavy (non-hydrogen) atoms. The van der Waals surface area contributed by atoms with Gasteiger partial charge in [0.15, 0.2) is 0 Å². The van der Waals surface area contributed by atoms with Crippen LogP contribution < -0.4 is 4.90 Å². The van der Waals surface area contributed by atoms with Crippen molar-refractivity contribution in [2.24, 2.45) is 0 Å². The maximum atomic E-state index is 11.9. The van der Waals surface area contributed by atoms with Crippen molar-refractivity contribution in [3.05, 3.63) is 47.0 Å². The minimum absolute atomic E-state index is 0.193. The van der Waals surface area contributed by atoms with E-state index in [1.807, 2.05) is 25.1 Å². The fourth-order valence-corrected chi connectivity index (χ4v) is 4.37. The minimum Gasteiger partial charge on any atom is -0.466 e. The van der Waals surface area contributed by atoms with Crippen LogP contribution in [0, 0.1) is 0 Å². The largest absolute Gasteiger partial charge is 0.466 e. The number of benzene rings is 2. The molecule has 0 saturated heterocycles. The molecule has 0 aliphatic carbocycles. The van der Waals surface area contributed by atoms with Crippen molar-refractivity contribution in [2.75, 3.05) is 32.1 Å². The highest BCUT2D eigenvalue weighted by molar-refractivity contribution is 7.99. The van der Waals surface area contributed by atoms with E-state index >= 15 is 0 Å². The summed E-state index contributed by atoms with van der Waals surface area (Å²) >= 11 is 7.95. The monoisotopic (exact) mass is 404 g/mol. The van der Waals surface area contributed by atoms with E-state index in [9.17, 15) is 4.79 Å². The number of hydrogen-bond donors (Lipinski definition) is 0. The maximum Gasteiger partial charge on any atom is 0.310 e. The molecule has 0 amide bonds. The zero-order valence-corrected chi connectivity index (χ0v) is 17.7. The maximum absolute atomic E-state index is 11.9. The van der Waals surface area contributed by atoms with Crippen LogP contribution in [0.4, 0.5) is 11.4 Å². The van der Waals surface area contributed by atoms with Crippen LogP contribution in [0.5, 0.6) is 0 Å². The average molecular weight is 405 g/mol. The summed E-state index contributed by atoms with van der Waals surface area (Å²) in [4.78, 5) is 18.8. The molecule has 1 atom stereocenters. The predicted octanol–water partition coefficient (Wildman–Crippen LogP) is 5.00. The quantitative estimate of drug-likeness (QED) is 0.633. The number of esters is 1. The Hall–Kier alpha value is -1.69. The first-order valence-corrected chi connectivity index (χ1v) is 10.3. The van der Waals surface area contributed by atoms with Crippen molar-refractivity contribution in [3.63, 3.8) is 0 Å². The Morgan fingerprint density at radius 2 is 1.96 bits per heavy atom. The van der Waals surface area contributed by atoms with Gasteiger partial charge in [0, 0.05) is 27.4 Å². The van der Waals surface area contributed by atoms with Crippen LogP contribution in [0.15, 0.2) is 46.2 Å². The Bertz CT molecular complexity index is 841. The molecule has 0 fully saturated rings. The molecule has 2 aromatic carbocycles. The molecular weight excluding hydrogens is 380 g/mol. The molecule has 0 spiro atoms. The van der Waals surface area contributed by atoms with Crippen molar-refractivity contribution in [2.45, 2.75) is 36.1 Å². The first-order chi connectivity index (χ1) is 12.9. The molecule has 0 aromatic heterocycles. The lowest BCUT2D eigenvalue weighted by Gasteiger charge is -2.36. The summed E-state index contributed by atoms with van der Waals surface area (Å²) in [6.45, 7) is 5.28. The van der Waals surface area contributed by atoms with Gasteiger partial charge in [0.25, 0.3) is 0 Å². The van der Waals surface area contributed by atoms with Gasteiger partial charge in [-0.2, -0.15) is 0 Å². The lowest BCUT2D eigenvalue weighted by molar-refractivity contribution is -0.142. The Kier molecular flexibility index (Phi) is 6.35. The predicted molar refractivity (Wildman–Crippen MR) is 113 cm³/mol. The molecule has 6 heteroatoms. The number of carbonyl (C=O) groups excluding carboxylic acids is 1. The molecule has 1 heterocycles. The van der Waals surface area contributed by atoms with E-state index in [4.69, 9.17) is 16.3 Å². The summed E-state index contributed by atoms with van der Waals surface area (Å²) in [6, 6.07) is 12.6. The zero-order valence-electron chi connectivity index (χ0n) is 16.2.